The third kappa shape index (κ3) is 2.01. The van der Waals surface area contributed by atoms with Crippen LogP contribution in [0.4, 0.5) is 0 Å². The molecule has 2 N–H and O–H groups in total. The van der Waals surface area contributed by atoms with Crippen molar-refractivity contribution in [2.75, 3.05) is 0 Å². The van der Waals surface area contributed by atoms with Crippen LogP contribution in [-0.2, 0) is 9.59 Å². The molecule has 4 aliphatic rings. The molecule has 3 fully saturated rings. The SMILES string of the molecule is CC(=O)C1(O)CCC2C3C(O)CC4=CC(=O)C=CC4(C)C3CCC21C. The maximum atomic E-state index is 12.2. The van der Waals surface area contributed by atoms with Crippen LogP contribution in [-0.4, -0.2) is 33.5 Å². The van der Waals surface area contributed by atoms with Gasteiger partial charge in [0, 0.05) is 10.8 Å². The van der Waals surface area contributed by atoms with Gasteiger partial charge in [-0.25, -0.2) is 0 Å². The quantitative estimate of drug-likeness (QED) is 0.767. The molecule has 0 aromatic carbocycles. The summed E-state index contributed by atoms with van der Waals surface area (Å²) >= 11 is 0. The van der Waals surface area contributed by atoms with Crippen molar-refractivity contribution in [3.05, 3.63) is 23.8 Å². The molecular formula is C21H28O4. The molecule has 0 amide bonds. The monoisotopic (exact) mass is 344 g/mol. The van der Waals surface area contributed by atoms with E-state index in [1.54, 1.807) is 12.2 Å². The Bertz CT molecular complexity index is 707. The summed E-state index contributed by atoms with van der Waals surface area (Å²) in [6.45, 7) is 5.72. The summed E-state index contributed by atoms with van der Waals surface area (Å²) in [5.41, 5.74) is -0.891. The van der Waals surface area contributed by atoms with Crippen LogP contribution in [0.1, 0.15) is 52.9 Å². The highest BCUT2D eigenvalue weighted by atomic mass is 16.3. The summed E-state index contributed by atoms with van der Waals surface area (Å²) < 4.78 is 0. The van der Waals surface area contributed by atoms with E-state index in [0.717, 1.165) is 24.8 Å². The van der Waals surface area contributed by atoms with Gasteiger partial charge in [-0.2, -0.15) is 0 Å². The van der Waals surface area contributed by atoms with E-state index in [1.807, 2.05) is 13.0 Å². The predicted molar refractivity (Wildman–Crippen MR) is 93.6 cm³/mol. The zero-order valence-electron chi connectivity index (χ0n) is 15.3. The van der Waals surface area contributed by atoms with Crippen LogP contribution in [0.5, 0.6) is 0 Å². The number of ketones is 2. The topological polar surface area (TPSA) is 74.6 Å². The van der Waals surface area contributed by atoms with Crippen molar-refractivity contribution in [2.24, 2.45) is 28.6 Å². The van der Waals surface area contributed by atoms with Gasteiger partial charge in [0.05, 0.1) is 6.10 Å². The summed E-state index contributed by atoms with van der Waals surface area (Å²) in [4.78, 5) is 24.0. The fourth-order valence-corrected chi connectivity index (χ4v) is 6.77. The number of allylic oxidation sites excluding steroid dienone is 3. The fraction of sp³-hybridized carbons (Fsp3) is 0.714. The van der Waals surface area contributed by atoms with Crippen LogP contribution in [0.15, 0.2) is 23.8 Å². The highest BCUT2D eigenvalue weighted by molar-refractivity contribution is 6.01. The Hall–Kier alpha value is -1.26. The molecule has 0 spiro atoms. The van der Waals surface area contributed by atoms with Crippen LogP contribution >= 0.6 is 0 Å². The Kier molecular flexibility index (Phi) is 3.53. The normalized spacial score (nSPS) is 51.4. The molecular weight excluding hydrogens is 316 g/mol. The average Bonchev–Trinajstić information content (AvgIpc) is 2.82. The third-order valence-electron chi connectivity index (χ3n) is 8.31. The van der Waals surface area contributed by atoms with Gasteiger partial charge in [0.2, 0.25) is 0 Å². The maximum Gasteiger partial charge on any atom is 0.178 e. The minimum atomic E-state index is -1.27. The lowest BCUT2D eigenvalue weighted by molar-refractivity contribution is -0.165. The molecule has 7 unspecified atom stereocenters. The number of Topliss-reactive ketones (excluding diaryl/α,β-unsaturated/α-hetero) is 1. The number of carbonyl (C=O) groups is 2. The van der Waals surface area contributed by atoms with Crippen molar-refractivity contribution in [1.29, 1.82) is 0 Å². The van der Waals surface area contributed by atoms with Crippen molar-refractivity contribution >= 4 is 11.6 Å². The van der Waals surface area contributed by atoms with E-state index in [-0.39, 0.29) is 34.7 Å². The molecule has 136 valence electrons. The Labute approximate surface area is 149 Å². The third-order valence-corrected chi connectivity index (χ3v) is 8.31. The standard InChI is InChI=1S/C21H28O4/c1-12(22)21(25)9-6-16-18-15(5-8-20(16,21)3)19(2)7-4-14(23)10-13(19)11-17(18)24/h4,7,10,15-18,24-25H,5-6,8-9,11H2,1-3H3. The van der Waals surface area contributed by atoms with Gasteiger partial charge >= 0.3 is 0 Å². The highest BCUT2D eigenvalue weighted by Gasteiger charge is 2.66. The smallest absolute Gasteiger partial charge is 0.178 e. The number of fused-ring (bicyclic) bond motifs is 5. The second kappa shape index (κ2) is 5.14. The molecule has 4 aliphatic carbocycles. The zero-order valence-corrected chi connectivity index (χ0v) is 15.3. The van der Waals surface area contributed by atoms with Gasteiger partial charge in [0.15, 0.2) is 11.6 Å². The van der Waals surface area contributed by atoms with E-state index in [2.05, 4.69) is 6.92 Å². The van der Waals surface area contributed by atoms with Crippen LogP contribution in [0.2, 0.25) is 0 Å². The van der Waals surface area contributed by atoms with Crippen LogP contribution in [0.25, 0.3) is 0 Å². The molecule has 4 nitrogen and oxygen atoms in total. The first-order chi connectivity index (χ1) is 11.6. The maximum absolute atomic E-state index is 12.2. The summed E-state index contributed by atoms with van der Waals surface area (Å²) in [6, 6.07) is 0. The van der Waals surface area contributed by atoms with E-state index in [9.17, 15) is 19.8 Å². The number of aliphatic hydroxyl groups is 2. The zero-order chi connectivity index (χ0) is 18.2. The predicted octanol–water partition coefficient (Wildman–Crippen LogP) is 2.59. The summed E-state index contributed by atoms with van der Waals surface area (Å²) in [6.07, 6.45) is 8.31. The first-order valence-electron chi connectivity index (χ1n) is 9.49. The Morgan fingerprint density at radius 3 is 2.56 bits per heavy atom. The van der Waals surface area contributed by atoms with E-state index >= 15 is 0 Å². The number of hydrogen-bond donors (Lipinski definition) is 2. The second-order valence-electron chi connectivity index (χ2n) is 9.16. The van der Waals surface area contributed by atoms with E-state index in [1.165, 1.54) is 6.92 Å². The van der Waals surface area contributed by atoms with Gasteiger partial charge in [-0.15, -0.1) is 0 Å². The lowest BCUT2D eigenvalue weighted by Crippen LogP contribution is -2.59. The minimum absolute atomic E-state index is 0.00518. The number of carbonyl (C=O) groups excluding carboxylic acids is 2. The molecule has 4 heteroatoms. The lowest BCUT2D eigenvalue weighted by atomic mass is 9.46. The second-order valence-corrected chi connectivity index (χ2v) is 9.16. The van der Waals surface area contributed by atoms with Gasteiger partial charge in [0.25, 0.3) is 0 Å². The molecule has 7 atom stereocenters. The minimum Gasteiger partial charge on any atom is -0.392 e. The Balaban J connectivity index is 1.76. The van der Waals surface area contributed by atoms with Crippen molar-refractivity contribution in [3.8, 4) is 0 Å². The number of hydrogen-bond acceptors (Lipinski definition) is 4. The summed E-state index contributed by atoms with van der Waals surface area (Å²) in [5.74, 6) is 0.313. The van der Waals surface area contributed by atoms with Crippen LogP contribution < -0.4 is 0 Å². The molecule has 0 radical (unpaired) electrons. The molecule has 0 aliphatic heterocycles. The van der Waals surface area contributed by atoms with Gasteiger partial charge in [0.1, 0.15) is 5.60 Å². The molecule has 0 heterocycles. The van der Waals surface area contributed by atoms with Crippen molar-refractivity contribution in [1.82, 2.24) is 0 Å². The van der Waals surface area contributed by atoms with Crippen LogP contribution in [0.3, 0.4) is 0 Å². The molecule has 0 aromatic rings. The van der Waals surface area contributed by atoms with Crippen molar-refractivity contribution < 1.29 is 19.8 Å². The summed E-state index contributed by atoms with van der Waals surface area (Å²) in [5, 5.41) is 22.1. The van der Waals surface area contributed by atoms with E-state index < -0.39 is 17.1 Å². The molecule has 25 heavy (non-hydrogen) atoms. The average molecular weight is 344 g/mol. The molecule has 3 saturated carbocycles. The molecule has 0 saturated heterocycles. The Morgan fingerprint density at radius 2 is 1.88 bits per heavy atom. The van der Waals surface area contributed by atoms with Crippen molar-refractivity contribution in [3.63, 3.8) is 0 Å². The van der Waals surface area contributed by atoms with E-state index in [0.29, 0.717) is 12.8 Å². The molecule has 0 aromatic heterocycles. The van der Waals surface area contributed by atoms with Gasteiger partial charge in [-0.1, -0.05) is 25.5 Å². The number of aliphatic hydroxyl groups excluding tert-OH is 1. The Morgan fingerprint density at radius 1 is 1.20 bits per heavy atom. The fourth-order valence-electron chi connectivity index (χ4n) is 6.77. The van der Waals surface area contributed by atoms with Gasteiger partial charge in [-0.3, -0.25) is 9.59 Å². The lowest BCUT2D eigenvalue weighted by Gasteiger charge is -2.59. The molecule has 0 bridgehead atoms. The van der Waals surface area contributed by atoms with Crippen LogP contribution in [0, 0.1) is 28.6 Å². The summed E-state index contributed by atoms with van der Waals surface area (Å²) in [7, 11) is 0. The van der Waals surface area contributed by atoms with E-state index in [4.69, 9.17) is 0 Å². The van der Waals surface area contributed by atoms with Gasteiger partial charge < -0.3 is 10.2 Å². The largest absolute Gasteiger partial charge is 0.392 e. The van der Waals surface area contributed by atoms with Crippen molar-refractivity contribution in [2.45, 2.75) is 64.6 Å². The highest BCUT2D eigenvalue weighted by Crippen LogP contribution is 2.67. The van der Waals surface area contributed by atoms with Gasteiger partial charge in [-0.05, 0) is 68.9 Å². The molecule has 4 rings (SSSR count). The first kappa shape index (κ1) is 17.2. The number of rotatable bonds is 1. The first-order valence-corrected chi connectivity index (χ1v) is 9.49.